The molecule has 3 N–H and O–H groups in total. The quantitative estimate of drug-likeness (QED) is 0.633. The largest absolute Gasteiger partial charge is 0.383 e. The number of hydrogen-bond donors (Lipinski definition) is 2. The minimum absolute atomic E-state index is 0.0853. The van der Waals surface area contributed by atoms with E-state index in [1.807, 2.05) is 14.0 Å². The number of nitrogen functional groups attached to an aromatic ring is 1. The summed E-state index contributed by atoms with van der Waals surface area (Å²) in [6, 6.07) is 2.57. The highest BCUT2D eigenvalue weighted by molar-refractivity contribution is 5.52. The zero-order valence-electron chi connectivity index (χ0n) is 10.6. The van der Waals surface area contributed by atoms with Gasteiger partial charge in [0.1, 0.15) is 11.6 Å². The van der Waals surface area contributed by atoms with E-state index in [1.54, 1.807) is 10.9 Å². The van der Waals surface area contributed by atoms with Gasteiger partial charge in [-0.2, -0.15) is 5.10 Å². The van der Waals surface area contributed by atoms with Gasteiger partial charge in [0.15, 0.2) is 0 Å². The molecule has 19 heavy (non-hydrogen) atoms. The van der Waals surface area contributed by atoms with Gasteiger partial charge in [0.2, 0.25) is 0 Å². The molecule has 0 aromatic carbocycles. The summed E-state index contributed by atoms with van der Waals surface area (Å²) in [5, 5.41) is 17.8. The maximum Gasteiger partial charge on any atom is 0.276 e. The highest BCUT2D eigenvalue weighted by atomic mass is 16.6. The molecular weight excluding hydrogens is 248 g/mol. The van der Waals surface area contributed by atoms with Crippen LogP contribution in [0.5, 0.6) is 0 Å². The summed E-state index contributed by atoms with van der Waals surface area (Å²) in [4.78, 5) is 14.2. The second-order valence-electron chi connectivity index (χ2n) is 4.12. The van der Waals surface area contributed by atoms with Crippen LogP contribution in [0.1, 0.15) is 11.3 Å². The first-order chi connectivity index (χ1) is 8.97. The summed E-state index contributed by atoms with van der Waals surface area (Å²) in [5.74, 6) is 0.481. The van der Waals surface area contributed by atoms with Crippen molar-refractivity contribution in [1.29, 1.82) is 0 Å². The van der Waals surface area contributed by atoms with Crippen LogP contribution >= 0.6 is 0 Å². The molecule has 0 aliphatic rings. The van der Waals surface area contributed by atoms with E-state index in [2.05, 4.69) is 15.4 Å². The van der Waals surface area contributed by atoms with E-state index in [-0.39, 0.29) is 11.5 Å². The number of nitrogens with zero attached hydrogens (tertiary/aromatic N) is 4. The first-order valence-corrected chi connectivity index (χ1v) is 5.60. The van der Waals surface area contributed by atoms with Crippen molar-refractivity contribution in [2.24, 2.45) is 7.05 Å². The van der Waals surface area contributed by atoms with Crippen LogP contribution in [0.4, 0.5) is 17.3 Å². The summed E-state index contributed by atoms with van der Waals surface area (Å²) < 4.78 is 1.76. The lowest BCUT2D eigenvalue weighted by Gasteiger charge is -2.06. The van der Waals surface area contributed by atoms with E-state index in [9.17, 15) is 10.1 Å². The zero-order valence-corrected chi connectivity index (χ0v) is 10.6. The van der Waals surface area contributed by atoms with Crippen LogP contribution in [0.25, 0.3) is 0 Å². The van der Waals surface area contributed by atoms with Crippen LogP contribution < -0.4 is 11.1 Å². The lowest BCUT2D eigenvalue weighted by atomic mass is 10.2. The van der Waals surface area contributed by atoms with Gasteiger partial charge in [0.05, 0.1) is 23.3 Å². The Morgan fingerprint density at radius 2 is 2.26 bits per heavy atom. The fourth-order valence-electron chi connectivity index (χ4n) is 1.64. The second kappa shape index (κ2) is 4.92. The summed E-state index contributed by atoms with van der Waals surface area (Å²) in [7, 11) is 1.85. The number of anilines is 2. The lowest BCUT2D eigenvalue weighted by Crippen LogP contribution is -2.05. The molecule has 2 rings (SSSR count). The van der Waals surface area contributed by atoms with Crippen LogP contribution in [0, 0.1) is 17.0 Å². The van der Waals surface area contributed by atoms with Crippen LogP contribution in [0.3, 0.4) is 0 Å². The number of nitrogens with two attached hydrogens (primary N) is 1. The number of aromatic nitrogens is 3. The normalized spacial score (nSPS) is 10.4. The van der Waals surface area contributed by atoms with Crippen molar-refractivity contribution in [2.75, 3.05) is 11.1 Å². The van der Waals surface area contributed by atoms with Crippen LogP contribution in [-0.4, -0.2) is 19.7 Å². The molecular formula is C11H14N6O2. The van der Waals surface area contributed by atoms with E-state index >= 15 is 0 Å². The predicted octanol–water partition coefficient (Wildman–Crippen LogP) is 1.23. The average molecular weight is 262 g/mol. The lowest BCUT2D eigenvalue weighted by molar-refractivity contribution is -0.384. The summed E-state index contributed by atoms with van der Waals surface area (Å²) in [6.45, 7) is 2.42. The first kappa shape index (κ1) is 12.8. The van der Waals surface area contributed by atoms with Gasteiger partial charge < -0.3 is 11.1 Å². The molecule has 0 saturated heterocycles. The van der Waals surface area contributed by atoms with Crippen LogP contribution in [-0.2, 0) is 13.6 Å². The zero-order chi connectivity index (χ0) is 14.0. The third kappa shape index (κ3) is 2.79. The van der Waals surface area contributed by atoms with Crippen LogP contribution in [0.2, 0.25) is 0 Å². The van der Waals surface area contributed by atoms with E-state index < -0.39 is 4.92 Å². The summed E-state index contributed by atoms with van der Waals surface area (Å²) >= 11 is 0. The molecule has 2 heterocycles. The molecule has 8 nitrogen and oxygen atoms in total. The van der Waals surface area contributed by atoms with E-state index in [4.69, 9.17) is 5.73 Å². The molecule has 100 valence electrons. The van der Waals surface area contributed by atoms with Crippen molar-refractivity contribution >= 4 is 17.3 Å². The maximum atomic E-state index is 10.7. The molecule has 0 unspecified atom stereocenters. The minimum atomic E-state index is -0.501. The minimum Gasteiger partial charge on any atom is -0.383 e. The Morgan fingerprint density at radius 3 is 2.84 bits per heavy atom. The van der Waals surface area contributed by atoms with Crippen LogP contribution in [0.15, 0.2) is 18.3 Å². The topological polar surface area (TPSA) is 112 Å². The molecule has 0 aliphatic carbocycles. The third-order valence-electron chi connectivity index (χ3n) is 2.84. The van der Waals surface area contributed by atoms with Crippen molar-refractivity contribution in [3.8, 4) is 0 Å². The summed E-state index contributed by atoms with van der Waals surface area (Å²) in [6.07, 6.45) is 1.74. The maximum absolute atomic E-state index is 10.7. The molecule has 2 aromatic heterocycles. The molecule has 0 spiro atoms. The van der Waals surface area contributed by atoms with Gasteiger partial charge in [-0.1, -0.05) is 0 Å². The van der Waals surface area contributed by atoms with Gasteiger partial charge in [-0.15, -0.1) is 0 Å². The van der Waals surface area contributed by atoms with Gasteiger partial charge in [-0.3, -0.25) is 14.8 Å². The third-order valence-corrected chi connectivity index (χ3v) is 2.84. The number of nitro groups is 1. The van der Waals surface area contributed by atoms with E-state index in [1.165, 1.54) is 12.1 Å². The molecule has 0 saturated carbocycles. The predicted molar refractivity (Wildman–Crippen MR) is 70.6 cm³/mol. The van der Waals surface area contributed by atoms with Crippen molar-refractivity contribution in [1.82, 2.24) is 14.8 Å². The van der Waals surface area contributed by atoms with Crippen molar-refractivity contribution in [2.45, 2.75) is 13.5 Å². The Kier molecular flexibility index (Phi) is 3.32. The fraction of sp³-hybridized carbons (Fsp3) is 0.273. The molecule has 0 fully saturated rings. The molecule has 8 heteroatoms. The smallest absolute Gasteiger partial charge is 0.276 e. The van der Waals surface area contributed by atoms with E-state index in [0.29, 0.717) is 12.4 Å². The Bertz CT molecular complexity index is 622. The second-order valence-corrected chi connectivity index (χ2v) is 4.12. The molecule has 2 aromatic rings. The Balaban J connectivity index is 2.15. The van der Waals surface area contributed by atoms with Crippen molar-refractivity contribution in [3.63, 3.8) is 0 Å². The number of nitrogens with one attached hydrogen (secondary N) is 1. The highest BCUT2D eigenvalue weighted by Crippen LogP contribution is 2.19. The molecule has 0 bridgehead atoms. The Labute approximate surface area is 109 Å². The van der Waals surface area contributed by atoms with Gasteiger partial charge >= 0.3 is 0 Å². The monoisotopic (exact) mass is 262 g/mol. The molecule has 0 aliphatic heterocycles. The standard InChI is InChI=1S/C11H14N6O2/c1-7-8(6-14-16(7)2)5-13-11-4-9(17(18)19)3-10(12)15-11/h3-4,6H,5H2,1-2H3,(H3,12,13,15). The average Bonchev–Trinajstić information content (AvgIpc) is 2.67. The molecule has 0 amide bonds. The van der Waals surface area contributed by atoms with Gasteiger partial charge in [-0.05, 0) is 6.92 Å². The number of hydrogen-bond acceptors (Lipinski definition) is 6. The fourth-order valence-corrected chi connectivity index (χ4v) is 1.64. The summed E-state index contributed by atoms with van der Waals surface area (Å²) in [5.41, 5.74) is 7.46. The molecule has 0 atom stereocenters. The Morgan fingerprint density at radius 1 is 1.53 bits per heavy atom. The van der Waals surface area contributed by atoms with Crippen molar-refractivity contribution in [3.05, 3.63) is 39.7 Å². The Hall–Kier alpha value is -2.64. The van der Waals surface area contributed by atoms with Gasteiger partial charge in [-0.25, -0.2) is 4.98 Å². The first-order valence-electron chi connectivity index (χ1n) is 5.60. The van der Waals surface area contributed by atoms with Gasteiger partial charge in [0, 0.05) is 24.8 Å². The van der Waals surface area contributed by atoms with E-state index in [0.717, 1.165) is 11.3 Å². The van der Waals surface area contributed by atoms with Crippen molar-refractivity contribution < 1.29 is 4.92 Å². The number of rotatable bonds is 4. The number of aryl methyl sites for hydroxylation is 1. The highest BCUT2D eigenvalue weighted by Gasteiger charge is 2.10. The SMILES string of the molecule is Cc1c(CNc2cc([N+](=O)[O-])cc(N)n2)cnn1C. The van der Waals surface area contributed by atoms with Gasteiger partial charge in [0.25, 0.3) is 5.69 Å². The molecule has 0 radical (unpaired) electrons. The number of pyridine rings is 1.